The first-order valence-corrected chi connectivity index (χ1v) is 10.2. The third kappa shape index (κ3) is 5.41. The molecule has 3 amide bonds. The Kier molecular flexibility index (Phi) is 7.17. The number of nitrogens with two attached hydrogens (primary N) is 1. The molecule has 4 N–H and O–H groups in total. The molecule has 1 atom stereocenters. The highest BCUT2D eigenvalue weighted by Gasteiger charge is 2.28. The zero-order valence-corrected chi connectivity index (χ0v) is 16.3. The number of sulfonamides is 1. The van der Waals surface area contributed by atoms with Crippen molar-refractivity contribution in [3.05, 3.63) is 23.8 Å². The van der Waals surface area contributed by atoms with E-state index in [0.717, 1.165) is 0 Å². The maximum absolute atomic E-state index is 12.9. The standard InChI is InChI=1S/C17H26N4O5S/c1-3-4-14(20-17(18)23)16(22)19-13-6-5-12(2)15(11-13)27(24,25)21-7-9-26-10-8-21/h5-6,11,14H,3-4,7-10H2,1-2H3,(H,19,22)(H3,18,20,23)/t14-/m1/s1. The number of aryl methyl sites for hydroxylation is 1. The van der Waals surface area contributed by atoms with Gasteiger partial charge in [0.05, 0.1) is 18.1 Å². The molecule has 0 radical (unpaired) electrons. The van der Waals surface area contributed by atoms with E-state index in [-0.39, 0.29) is 4.90 Å². The maximum Gasteiger partial charge on any atom is 0.312 e. The Balaban J connectivity index is 2.23. The molecule has 150 valence electrons. The predicted octanol–water partition coefficient (Wildman–Crippen LogP) is 0.791. The largest absolute Gasteiger partial charge is 0.379 e. The molecule has 2 rings (SSSR count). The molecule has 0 saturated carbocycles. The molecule has 1 aliphatic rings. The third-order valence-electron chi connectivity index (χ3n) is 4.25. The number of amides is 3. The Labute approximate surface area is 159 Å². The van der Waals surface area contributed by atoms with E-state index in [4.69, 9.17) is 10.5 Å². The summed E-state index contributed by atoms with van der Waals surface area (Å²) in [6.45, 7) is 4.87. The van der Waals surface area contributed by atoms with Crippen LogP contribution in [0.3, 0.4) is 0 Å². The Morgan fingerprint density at radius 3 is 2.56 bits per heavy atom. The second kappa shape index (κ2) is 9.16. The quantitative estimate of drug-likeness (QED) is 0.625. The van der Waals surface area contributed by atoms with Crippen molar-refractivity contribution >= 4 is 27.6 Å². The van der Waals surface area contributed by atoms with Crippen LogP contribution < -0.4 is 16.4 Å². The number of hydrogen-bond donors (Lipinski definition) is 3. The first-order chi connectivity index (χ1) is 12.8. The predicted molar refractivity (Wildman–Crippen MR) is 101 cm³/mol. The minimum absolute atomic E-state index is 0.136. The van der Waals surface area contributed by atoms with Crippen LogP contribution in [0.2, 0.25) is 0 Å². The molecule has 0 spiro atoms. The first kappa shape index (κ1) is 21.1. The van der Waals surface area contributed by atoms with Gasteiger partial charge in [-0.1, -0.05) is 19.4 Å². The van der Waals surface area contributed by atoms with Gasteiger partial charge in [0.15, 0.2) is 0 Å². The average Bonchev–Trinajstić information content (AvgIpc) is 2.63. The molecule has 0 unspecified atom stereocenters. The number of hydrogen-bond acceptors (Lipinski definition) is 5. The molecule has 1 fully saturated rings. The monoisotopic (exact) mass is 398 g/mol. The minimum Gasteiger partial charge on any atom is -0.379 e. The Bertz CT molecular complexity index is 791. The molecule has 0 aromatic heterocycles. The van der Waals surface area contributed by atoms with Crippen LogP contribution in [0.1, 0.15) is 25.3 Å². The number of benzene rings is 1. The molecular formula is C17H26N4O5S. The third-order valence-corrected chi connectivity index (χ3v) is 6.29. The average molecular weight is 398 g/mol. The van der Waals surface area contributed by atoms with Crippen molar-refractivity contribution in [1.29, 1.82) is 0 Å². The Morgan fingerprint density at radius 1 is 1.30 bits per heavy atom. The van der Waals surface area contributed by atoms with Crippen LogP contribution >= 0.6 is 0 Å². The van der Waals surface area contributed by atoms with Gasteiger partial charge < -0.3 is 21.1 Å². The summed E-state index contributed by atoms with van der Waals surface area (Å²) in [5.74, 6) is -0.450. The van der Waals surface area contributed by atoms with Crippen molar-refractivity contribution in [3.63, 3.8) is 0 Å². The smallest absolute Gasteiger partial charge is 0.312 e. The lowest BCUT2D eigenvalue weighted by Crippen LogP contribution is -2.46. The maximum atomic E-state index is 12.9. The molecule has 0 bridgehead atoms. The van der Waals surface area contributed by atoms with E-state index < -0.39 is 28.0 Å². The molecular weight excluding hydrogens is 372 g/mol. The van der Waals surface area contributed by atoms with Crippen LogP contribution in [-0.4, -0.2) is 57.0 Å². The van der Waals surface area contributed by atoms with Crippen molar-refractivity contribution < 1.29 is 22.7 Å². The van der Waals surface area contributed by atoms with Gasteiger partial charge in [-0.3, -0.25) is 4.79 Å². The van der Waals surface area contributed by atoms with E-state index >= 15 is 0 Å². The van der Waals surface area contributed by atoms with Crippen LogP contribution in [-0.2, 0) is 19.6 Å². The highest BCUT2D eigenvalue weighted by molar-refractivity contribution is 7.89. The molecule has 1 heterocycles. The highest BCUT2D eigenvalue weighted by Crippen LogP contribution is 2.24. The molecule has 1 saturated heterocycles. The Hall–Kier alpha value is -2.17. The van der Waals surface area contributed by atoms with Crippen LogP contribution in [0.5, 0.6) is 0 Å². The SMILES string of the molecule is CCC[C@@H](NC(N)=O)C(=O)Nc1ccc(C)c(S(=O)(=O)N2CCOCC2)c1. The molecule has 10 heteroatoms. The molecule has 1 aromatic rings. The number of nitrogens with zero attached hydrogens (tertiary/aromatic N) is 1. The van der Waals surface area contributed by atoms with Gasteiger partial charge in [-0.05, 0) is 31.0 Å². The Morgan fingerprint density at radius 2 is 1.96 bits per heavy atom. The van der Waals surface area contributed by atoms with Crippen LogP contribution in [0.25, 0.3) is 0 Å². The zero-order valence-electron chi connectivity index (χ0n) is 15.5. The van der Waals surface area contributed by atoms with E-state index in [0.29, 0.717) is 50.4 Å². The van der Waals surface area contributed by atoms with Crippen LogP contribution in [0.15, 0.2) is 23.1 Å². The van der Waals surface area contributed by atoms with E-state index in [1.54, 1.807) is 19.1 Å². The fraction of sp³-hybridized carbons (Fsp3) is 0.529. The summed E-state index contributed by atoms with van der Waals surface area (Å²) < 4.78 is 32.4. The number of primary amides is 1. The first-order valence-electron chi connectivity index (χ1n) is 8.81. The van der Waals surface area contributed by atoms with Crippen molar-refractivity contribution in [3.8, 4) is 0 Å². The van der Waals surface area contributed by atoms with Crippen LogP contribution in [0, 0.1) is 6.92 Å². The zero-order chi connectivity index (χ0) is 20.0. The molecule has 1 aliphatic heterocycles. The van der Waals surface area contributed by atoms with Gasteiger partial charge in [0.25, 0.3) is 0 Å². The van der Waals surface area contributed by atoms with Crippen molar-refractivity contribution in [2.75, 3.05) is 31.6 Å². The highest BCUT2D eigenvalue weighted by atomic mass is 32.2. The molecule has 1 aromatic carbocycles. The van der Waals surface area contributed by atoms with Gasteiger partial charge in [-0.25, -0.2) is 13.2 Å². The van der Waals surface area contributed by atoms with Crippen LogP contribution in [0.4, 0.5) is 10.5 Å². The fourth-order valence-corrected chi connectivity index (χ4v) is 4.50. The topological polar surface area (TPSA) is 131 Å². The van der Waals surface area contributed by atoms with Gasteiger partial charge >= 0.3 is 6.03 Å². The lowest BCUT2D eigenvalue weighted by molar-refractivity contribution is -0.118. The number of nitrogens with one attached hydrogen (secondary N) is 2. The van der Waals surface area contributed by atoms with E-state index in [1.165, 1.54) is 10.4 Å². The van der Waals surface area contributed by atoms with E-state index in [9.17, 15) is 18.0 Å². The van der Waals surface area contributed by atoms with E-state index in [2.05, 4.69) is 10.6 Å². The summed E-state index contributed by atoms with van der Waals surface area (Å²) in [6.07, 6.45) is 1.09. The number of anilines is 1. The molecule has 9 nitrogen and oxygen atoms in total. The molecule has 27 heavy (non-hydrogen) atoms. The summed E-state index contributed by atoms with van der Waals surface area (Å²) >= 11 is 0. The number of morpholine rings is 1. The minimum atomic E-state index is -3.69. The van der Waals surface area contributed by atoms with Crippen molar-refractivity contribution in [1.82, 2.24) is 9.62 Å². The van der Waals surface area contributed by atoms with Gasteiger partial charge in [0.2, 0.25) is 15.9 Å². The number of ether oxygens (including phenoxy) is 1. The summed E-state index contributed by atoms with van der Waals surface area (Å²) in [7, 11) is -3.69. The van der Waals surface area contributed by atoms with Gasteiger partial charge in [-0.15, -0.1) is 0 Å². The summed E-state index contributed by atoms with van der Waals surface area (Å²) in [6, 6.07) is 3.12. The van der Waals surface area contributed by atoms with Gasteiger partial charge in [0.1, 0.15) is 6.04 Å². The summed E-state index contributed by atoms with van der Waals surface area (Å²) in [5.41, 5.74) is 6.03. The normalized spacial score (nSPS) is 16.5. The fourth-order valence-electron chi connectivity index (χ4n) is 2.84. The van der Waals surface area contributed by atoms with Crippen molar-refractivity contribution in [2.24, 2.45) is 5.73 Å². The number of carbonyl (C=O) groups excluding carboxylic acids is 2. The van der Waals surface area contributed by atoms with E-state index in [1.807, 2.05) is 6.92 Å². The lowest BCUT2D eigenvalue weighted by atomic mass is 10.1. The summed E-state index contributed by atoms with van der Waals surface area (Å²) in [4.78, 5) is 23.6. The number of carbonyl (C=O) groups is 2. The number of urea groups is 1. The second-order valence-corrected chi connectivity index (χ2v) is 8.24. The van der Waals surface area contributed by atoms with Gasteiger partial charge in [0, 0.05) is 18.8 Å². The summed E-state index contributed by atoms with van der Waals surface area (Å²) in [5, 5.41) is 5.05. The van der Waals surface area contributed by atoms with Gasteiger partial charge in [-0.2, -0.15) is 4.31 Å². The molecule has 0 aliphatic carbocycles. The number of rotatable bonds is 7. The van der Waals surface area contributed by atoms with Crippen molar-refractivity contribution in [2.45, 2.75) is 37.6 Å². The lowest BCUT2D eigenvalue weighted by Gasteiger charge is -2.27. The second-order valence-electron chi connectivity index (χ2n) is 6.34.